The Bertz CT molecular complexity index is 273. The summed E-state index contributed by atoms with van der Waals surface area (Å²) in [6.45, 7) is 3.27. The molecule has 1 aromatic rings. The van der Waals surface area contributed by atoms with E-state index in [9.17, 15) is 0 Å². The van der Waals surface area contributed by atoms with Gasteiger partial charge in [0.25, 0.3) is 0 Å². The topological polar surface area (TPSA) is 28.2 Å². The summed E-state index contributed by atoms with van der Waals surface area (Å²) in [5, 5.41) is 6.71. The Hall–Kier alpha value is -0.450. The molecular weight excluding hydrogens is 206 g/mol. The minimum Gasteiger partial charge on any atom is -0.309 e. The number of rotatable bonds is 4. The zero-order chi connectivity index (χ0) is 10.5. The predicted octanol–water partition coefficient (Wildman–Crippen LogP) is 1.72. The fourth-order valence-electron chi connectivity index (χ4n) is 2.09. The van der Waals surface area contributed by atoms with Gasteiger partial charge in [0.1, 0.15) is 5.01 Å². The second-order valence-corrected chi connectivity index (χ2v) is 5.17. The van der Waals surface area contributed by atoms with Crippen LogP contribution in [0.15, 0.2) is 11.6 Å². The van der Waals surface area contributed by atoms with Crippen LogP contribution in [0.5, 0.6) is 0 Å². The second kappa shape index (κ2) is 5.58. The van der Waals surface area contributed by atoms with E-state index in [0.29, 0.717) is 0 Å². The van der Waals surface area contributed by atoms with E-state index in [2.05, 4.69) is 22.2 Å². The summed E-state index contributed by atoms with van der Waals surface area (Å²) in [6, 6.07) is 0.721. The molecule has 1 fully saturated rings. The lowest BCUT2D eigenvalue weighted by atomic mass is 10.0. The number of likely N-dealkylation sites (tertiary alicyclic amines) is 1. The van der Waals surface area contributed by atoms with Gasteiger partial charge in [-0.1, -0.05) is 6.42 Å². The highest BCUT2D eigenvalue weighted by Crippen LogP contribution is 2.14. The number of piperidine rings is 1. The summed E-state index contributed by atoms with van der Waals surface area (Å²) in [5.41, 5.74) is 0. The van der Waals surface area contributed by atoms with E-state index in [0.717, 1.165) is 19.1 Å². The molecule has 15 heavy (non-hydrogen) atoms. The van der Waals surface area contributed by atoms with Crippen LogP contribution >= 0.6 is 11.3 Å². The van der Waals surface area contributed by atoms with Crippen LogP contribution in [0.25, 0.3) is 0 Å². The van der Waals surface area contributed by atoms with E-state index in [1.165, 1.54) is 30.8 Å². The minimum atomic E-state index is 0.721. The first kappa shape index (κ1) is 11.0. The predicted molar refractivity (Wildman–Crippen MR) is 64.1 cm³/mol. The van der Waals surface area contributed by atoms with Gasteiger partial charge in [0.05, 0.1) is 0 Å². The van der Waals surface area contributed by atoms with Crippen LogP contribution in [-0.2, 0) is 6.54 Å². The molecule has 1 aliphatic rings. The number of aromatic nitrogens is 1. The molecule has 2 heterocycles. The summed E-state index contributed by atoms with van der Waals surface area (Å²) < 4.78 is 0. The summed E-state index contributed by atoms with van der Waals surface area (Å²) in [7, 11) is 2.23. The summed E-state index contributed by atoms with van der Waals surface area (Å²) in [6.07, 6.45) is 5.95. The lowest BCUT2D eigenvalue weighted by Crippen LogP contribution is -2.42. The average molecular weight is 225 g/mol. The van der Waals surface area contributed by atoms with Crippen molar-refractivity contribution in [3.63, 3.8) is 0 Å². The van der Waals surface area contributed by atoms with Gasteiger partial charge in [-0.15, -0.1) is 11.3 Å². The molecule has 0 aliphatic carbocycles. The maximum absolute atomic E-state index is 4.26. The van der Waals surface area contributed by atoms with Crippen molar-refractivity contribution in [1.29, 1.82) is 0 Å². The molecule has 0 amide bonds. The summed E-state index contributed by atoms with van der Waals surface area (Å²) >= 11 is 1.72. The van der Waals surface area contributed by atoms with Crippen molar-refractivity contribution in [2.45, 2.75) is 31.8 Å². The van der Waals surface area contributed by atoms with E-state index >= 15 is 0 Å². The first-order valence-electron chi connectivity index (χ1n) is 5.65. The average Bonchev–Trinajstić information content (AvgIpc) is 2.74. The number of thiazole rings is 1. The Morgan fingerprint density at radius 3 is 3.27 bits per heavy atom. The Labute approximate surface area is 95.5 Å². The van der Waals surface area contributed by atoms with Crippen molar-refractivity contribution in [2.24, 2.45) is 0 Å². The van der Waals surface area contributed by atoms with Gasteiger partial charge in [-0.05, 0) is 26.4 Å². The van der Waals surface area contributed by atoms with E-state index < -0.39 is 0 Å². The molecule has 1 unspecified atom stereocenters. The standard InChI is InChI=1S/C11H19N3S/c1-14-6-3-2-4-10(14)8-12-9-11-13-5-7-15-11/h5,7,10,12H,2-4,6,8-9H2,1H3. The van der Waals surface area contributed by atoms with Gasteiger partial charge in [0.2, 0.25) is 0 Å². The minimum absolute atomic E-state index is 0.721. The third kappa shape index (κ3) is 3.26. The van der Waals surface area contributed by atoms with Crippen molar-refractivity contribution in [2.75, 3.05) is 20.1 Å². The highest BCUT2D eigenvalue weighted by atomic mass is 32.1. The van der Waals surface area contributed by atoms with E-state index in [-0.39, 0.29) is 0 Å². The first-order valence-corrected chi connectivity index (χ1v) is 6.53. The molecule has 1 saturated heterocycles. The zero-order valence-corrected chi connectivity index (χ0v) is 10.1. The lowest BCUT2D eigenvalue weighted by molar-refractivity contribution is 0.181. The number of nitrogens with one attached hydrogen (secondary N) is 1. The zero-order valence-electron chi connectivity index (χ0n) is 9.28. The van der Waals surface area contributed by atoms with Gasteiger partial charge in [0, 0.05) is 30.7 Å². The van der Waals surface area contributed by atoms with Crippen LogP contribution in [0.1, 0.15) is 24.3 Å². The largest absolute Gasteiger partial charge is 0.309 e. The molecule has 1 atom stereocenters. The maximum atomic E-state index is 4.26. The van der Waals surface area contributed by atoms with E-state index in [1.54, 1.807) is 11.3 Å². The molecule has 1 aliphatic heterocycles. The quantitative estimate of drug-likeness (QED) is 0.845. The number of hydrogen-bond acceptors (Lipinski definition) is 4. The number of likely N-dealkylation sites (N-methyl/N-ethyl adjacent to an activating group) is 1. The molecule has 0 bridgehead atoms. The van der Waals surface area contributed by atoms with Crippen LogP contribution < -0.4 is 5.32 Å². The Morgan fingerprint density at radius 2 is 2.53 bits per heavy atom. The second-order valence-electron chi connectivity index (χ2n) is 4.19. The fraction of sp³-hybridized carbons (Fsp3) is 0.727. The highest BCUT2D eigenvalue weighted by molar-refractivity contribution is 7.09. The van der Waals surface area contributed by atoms with Gasteiger partial charge in [-0.25, -0.2) is 4.98 Å². The molecule has 1 N–H and O–H groups in total. The molecule has 3 nitrogen and oxygen atoms in total. The SMILES string of the molecule is CN1CCCCC1CNCc1nccs1. The van der Waals surface area contributed by atoms with E-state index in [1.807, 2.05) is 11.6 Å². The normalized spacial score (nSPS) is 23.1. The Balaban J connectivity index is 1.68. The molecule has 0 saturated carbocycles. The maximum Gasteiger partial charge on any atom is 0.106 e. The van der Waals surface area contributed by atoms with Crippen molar-refractivity contribution < 1.29 is 0 Å². The van der Waals surface area contributed by atoms with Crippen molar-refractivity contribution >= 4 is 11.3 Å². The van der Waals surface area contributed by atoms with Crippen LogP contribution in [0.2, 0.25) is 0 Å². The number of hydrogen-bond donors (Lipinski definition) is 1. The summed E-state index contributed by atoms with van der Waals surface area (Å²) in [4.78, 5) is 6.73. The van der Waals surface area contributed by atoms with Gasteiger partial charge >= 0.3 is 0 Å². The van der Waals surface area contributed by atoms with Crippen LogP contribution in [0, 0.1) is 0 Å². The smallest absolute Gasteiger partial charge is 0.106 e. The van der Waals surface area contributed by atoms with Crippen LogP contribution in [0.3, 0.4) is 0 Å². The van der Waals surface area contributed by atoms with Gasteiger partial charge < -0.3 is 10.2 Å². The van der Waals surface area contributed by atoms with Crippen molar-refractivity contribution in [1.82, 2.24) is 15.2 Å². The third-order valence-corrected chi connectivity index (χ3v) is 3.84. The van der Waals surface area contributed by atoms with Crippen molar-refractivity contribution in [3.8, 4) is 0 Å². The molecule has 84 valence electrons. The molecule has 2 rings (SSSR count). The molecule has 0 aromatic carbocycles. The molecule has 4 heteroatoms. The Morgan fingerprint density at radius 1 is 1.60 bits per heavy atom. The van der Waals surface area contributed by atoms with Crippen LogP contribution in [-0.4, -0.2) is 36.1 Å². The van der Waals surface area contributed by atoms with Crippen molar-refractivity contribution in [3.05, 3.63) is 16.6 Å². The fourth-order valence-corrected chi connectivity index (χ4v) is 2.67. The molecular formula is C11H19N3S. The first-order chi connectivity index (χ1) is 7.36. The molecule has 1 aromatic heterocycles. The van der Waals surface area contributed by atoms with E-state index in [4.69, 9.17) is 0 Å². The van der Waals surface area contributed by atoms with Gasteiger partial charge in [-0.3, -0.25) is 0 Å². The molecule has 0 spiro atoms. The molecule has 0 radical (unpaired) electrons. The third-order valence-electron chi connectivity index (χ3n) is 3.06. The van der Waals surface area contributed by atoms with Gasteiger partial charge in [-0.2, -0.15) is 0 Å². The number of nitrogens with zero attached hydrogens (tertiary/aromatic N) is 2. The van der Waals surface area contributed by atoms with Gasteiger partial charge in [0.15, 0.2) is 0 Å². The summed E-state index contributed by atoms with van der Waals surface area (Å²) in [5.74, 6) is 0. The Kier molecular flexibility index (Phi) is 4.11. The van der Waals surface area contributed by atoms with Crippen LogP contribution in [0.4, 0.5) is 0 Å². The lowest BCUT2D eigenvalue weighted by Gasteiger charge is -2.32. The monoisotopic (exact) mass is 225 g/mol. The highest BCUT2D eigenvalue weighted by Gasteiger charge is 2.17.